The number of urea groups is 1. The molecule has 0 aliphatic rings. The summed E-state index contributed by atoms with van der Waals surface area (Å²) >= 11 is 0. The van der Waals surface area contributed by atoms with E-state index in [1.165, 1.54) is 0 Å². The van der Waals surface area contributed by atoms with Gasteiger partial charge in [0.05, 0.1) is 0 Å². The summed E-state index contributed by atoms with van der Waals surface area (Å²) in [6.45, 7) is 6.56. The van der Waals surface area contributed by atoms with Gasteiger partial charge < -0.3 is 19.9 Å². The van der Waals surface area contributed by atoms with E-state index in [-0.39, 0.29) is 11.9 Å². The summed E-state index contributed by atoms with van der Waals surface area (Å²) in [4.78, 5) is 16.3. The van der Waals surface area contributed by atoms with Crippen molar-refractivity contribution in [1.82, 2.24) is 15.5 Å². The molecule has 1 heterocycles. The number of aryl methyl sites for hydroxylation is 2. The van der Waals surface area contributed by atoms with Gasteiger partial charge >= 0.3 is 6.03 Å². The fourth-order valence-electron chi connectivity index (χ4n) is 2.64. The van der Waals surface area contributed by atoms with Crippen molar-refractivity contribution in [2.75, 3.05) is 11.9 Å². The summed E-state index contributed by atoms with van der Waals surface area (Å²) in [6, 6.07) is 14.8. The second-order valence-corrected chi connectivity index (χ2v) is 7.13. The van der Waals surface area contributed by atoms with Crippen LogP contribution >= 0.6 is 0 Å². The van der Waals surface area contributed by atoms with E-state index < -0.39 is 0 Å². The Morgan fingerprint density at radius 2 is 1.93 bits per heavy atom. The fourth-order valence-corrected chi connectivity index (χ4v) is 2.64. The molecule has 0 radical (unpaired) electrons. The molecule has 152 valence electrons. The van der Waals surface area contributed by atoms with E-state index >= 15 is 0 Å². The van der Waals surface area contributed by atoms with Gasteiger partial charge in [0.15, 0.2) is 5.82 Å². The van der Waals surface area contributed by atoms with Crippen LogP contribution in [0.4, 0.5) is 10.5 Å². The lowest BCUT2D eigenvalue weighted by Crippen LogP contribution is -2.29. The Hall–Kier alpha value is -3.35. The highest BCUT2D eigenvalue weighted by molar-refractivity contribution is 5.89. The Bertz CT molecular complexity index is 935. The Labute approximate surface area is 170 Å². The molecule has 3 aromatic rings. The first kappa shape index (κ1) is 20.4. The van der Waals surface area contributed by atoms with Crippen molar-refractivity contribution in [2.24, 2.45) is 0 Å². The molecule has 0 spiro atoms. The number of amides is 2. The van der Waals surface area contributed by atoms with Crippen LogP contribution in [0.2, 0.25) is 0 Å². The molecule has 0 aliphatic carbocycles. The maximum atomic E-state index is 12.0. The van der Waals surface area contributed by atoms with E-state index in [9.17, 15) is 4.79 Å². The third-order valence-electron chi connectivity index (χ3n) is 4.19. The molecule has 2 N–H and O–H groups in total. The number of rotatable bonds is 8. The monoisotopic (exact) mass is 394 g/mol. The standard InChI is InChI=1S/C22H26N4O3/c1-15(2)21-25-20(29-26-21)8-5-13-23-22(27)24-17-9-11-18(12-10-17)28-19-7-4-6-16(3)14-19/h4,6-7,9-12,14-15H,5,8,13H2,1-3H3,(H2,23,24,27). The molecule has 2 amide bonds. The van der Waals surface area contributed by atoms with Gasteiger partial charge in [0.25, 0.3) is 0 Å². The van der Waals surface area contributed by atoms with E-state index in [1.54, 1.807) is 12.1 Å². The lowest BCUT2D eigenvalue weighted by atomic mass is 10.2. The van der Waals surface area contributed by atoms with Crippen molar-refractivity contribution in [3.8, 4) is 11.5 Å². The van der Waals surface area contributed by atoms with E-state index in [4.69, 9.17) is 9.26 Å². The van der Waals surface area contributed by atoms with E-state index in [1.807, 2.05) is 57.2 Å². The molecule has 7 heteroatoms. The lowest BCUT2D eigenvalue weighted by Gasteiger charge is -2.09. The van der Waals surface area contributed by atoms with Crippen LogP contribution in [0.15, 0.2) is 53.1 Å². The van der Waals surface area contributed by atoms with Gasteiger partial charge in [0.2, 0.25) is 5.89 Å². The van der Waals surface area contributed by atoms with E-state index in [2.05, 4.69) is 20.8 Å². The number of nitrogens with zero attached hydrogens (tertiary/aromatic N) is 2. The number of carbonyl (C=O) groups excluding carboxylic acids is 1. The van der Waals surface area contributed by atoms with Crippen LogP contribution in [0.5, 0.6) is 11.5 Å². The number of anilines is 1. The van der Waals surface area contributed by atoms with Crippen LogP contribution in [0.1, 0.15) is 43.5 Å². The van der Waals surface area contributed by atoms with Crippen molar-refractivity contribution in [3.63, 3.8) is 0 Å². The number of nitrogens with one attached hydrogen (secondary N) is 2. The smallest absolute Gasteiger partial charge is 0.319 e. The summed E-state index contributed by atoms with van der Waals surface area (Å²) in [6.07, 6.45) is 1.35. The van der Waals surface area contributed by atoms with E-state index in [0.717, 1.165) is 17.7 Å². The molecule has 0 unspecified atom stereocenters. The average Bonchev–Trinajstić information content (AvgIpc) is 3.16. The SMILES string of the molecule is Cc1cccc(Oc2ccc(NC(=O)NCCCc3nc(C(C)C)no3)cc2)c1. The zero-order valence-corrected chi connectivity index (χ0v) is 16.9. The second-order valence-electron chi connectivity index (χ2n) is 7.13. The molecular formula is C22H26N4O3. The minimum absolute atomic E-state index is 0.241. The largest absolute Gasteiger partial charge is 0.457 e. The molecule has 0 bridgehead atoms. The summed E-state index contributed by atoms with van der Waals surface area (Å²) in [5, 5.41) is 9.55. The first-order valence-corrected chi connectivity index (χ1v) is 9.71. The maximum Gasteiger partial charge on any atom is 0.319 e. The van der Waals surface area contributed by atoms with Gasteiger partial charge in [-0.3, -0.25) is 0 Å². The number of benzene rings is 2. The van der Waals surface area contributed by atoms with Gasteiger partial charge in [-0.05, 0) is 55.3 Å². The molecule has 29 heavy (non-hydrogen) atoms. The quantitative estimate of drug-likeness (QED) is 0.522. The predicted molar refractivity (Wildman–Crippen MR) is 111 cm³/mol. The molecule has 0 saturated carbocycles. The normalized spacial score (nSPS) is 10.8. The third-order valence-corrected chi connectivity index (χ3v) is 4.19. The van der Waals surface area contributed by atoms with Crippen molar-refractivity contribution in [2.45, 2.75) is 39.5 Å². The molecule has 1 aromatic heterocycles. The van der Waals surface area contributed by atoms with Gasteiger partial charge in [-0.25, -0.2) is 4.79 Å². The topological polar surface area (TPSA) is 89.3 Å². The van der Waals surface area contributed by atoms with Crippen LogP contribution in [0.3, 0.4) is 0 Å². The van der Waals surface area contributed by atoms with Gasteiger partial charge in [-0.1, -0.05) is 31.1 Å². The molecule has 7 nitrogen and oxygen atoms in total. The maximum absolute atomic E-state index is 12.0. The van der Waals surface area contributed by atoms with Crippen LogP contribution < -0.4 is 15.4 Å². The van der Waals surface area contributed by atoms with Gasteiger partial charge in [0, 0.05) is 24.6 Å². The number of ether oxygens (including phenoxy) is 1. The number of hydrogen-bond donors (Lipinski definition) is 2. The van der Waals surface area contributed by atoms with Crippen LogP contribution in [-0.4, -0.2) is 22.7 Å². The predicted octanol–water partition coefficient (Wildman–Crippen LogP) is 5.05. The minimum Gasteiger partial charge on any atom is -0.457 e. The first-order chi connectivity index (χ1) is 14.0. The third kappa shape index (κ3) is 6.34. The number of hydrogen-bond acceptors (Lipinski definition) is 5. The van der Waals surface area contributed by atoms with Gasteiger partial charge in [-0.15, -0.1) is 0 Å². The Morgan fingerprint density at radius 1 is 1.14 bits per heavy atom. The molecule has 3 rings (SSSR count). The van der Waals surface area contributed by atoms with Crippen molar-refractivity contribution >= 4 is 11.7 Å². The Balaban J connectivity index is 1.39. The lowest BCUT2D eigenvalue weighted by molar-refractivity contribution is 0.252. The molecule has 0 fully saturated rings. The summed E-state index contributed by atoms with van der Waals surface area (Å²) in [7, 11) is 0. The van der Waals surface area contributed by atoms with Crippen molar-refractivity contribution in [3.05, 3.63) is 65.8 Å². The summed E-state index contributed by atoms with van der Waals surface area (Å²) < 4.78 is 11.0. The zero-order chi connectivity index (χ0) is 20.6. The van der Waals surface area contributed by atoms with Crippen LogP contribution in [-0.2, 0) is 6.42 Å². The number of carbonyl (C=O) groups is 1. The van der Waals surface area contributed by atoms with Gasteiger partial charge in [-0.2, -0.15) is 4.98 Å². The Kier molecular flexibility index (Phi) is 6.84. The Morgan fingerprint density at radius 3 is 2.62 bits per heavy atom. The summed E-state index contributed by atoms with van der Waals surface area (Å²) in [5.41, 5.74) is 1.83. The highest BCUT2D eigenvalue weighted by atomic mass is 16.5. The highest BCUT2D eigenvalue weighted by Gasteiger charge is 2.09. The minimum atomic E-state index is -0.259. The molecule has 2 aromatic carbocycles. The van der Waals surface area contributed by atoms with Gasteiger partial charge in [0.1, 0.15) is 11.5 Å². The molecular weight excluding hydrogens is 368 g/mol. The molecule has 0 aliphatic heterocycles. The number of aromatic nitrogens is 2. The zero-order valence-electron chi connectivity index (χ0n) is 16.9. The first-order valence-electron chi connectivity index (χ1n) is 9.71. The highest BCUT2D eigenvalue weighted by Crippen LogP contribution is 2.23. The fraction of sp³-hybridized carbons (Fsp3) is 0.318. The molecule has 0 atom stereocenters. The second kappa shape index (κ2) is 9.73. The average molecular weight is 394 g/mol. The van der Waals surface area contributed by atoms with Crippen molar-refractivity contribution < 1.29 is 14.1 Å². The van der Waals surface area contributed by atoms with Crippen molar-refractivity contribution in [1.29, 1.82) is 0 Å². The van der Waals surface area contributed by atoms with Crippen LogP contribution in [0, 0.1) is 6.92 Å². The molecule has 0 saturated heterocycles. The van der Waals surface area contributed by atoms with Crippen LogP contribution in [0.25, 0.3) is 0 Å². The van der Waals surface area contributed by atoms with E-state index in [0.29, 0.717) is 36.1 Å². The summed E-state index contributed by atoms with van der Waals surface area (Å²) in [5.74, 6) is 3.04.